The smallest absolute Gasteiger partial charge is 0.244 e. The average Bonchev–Trinajstić information content (AvgIpc) is 2.93. The highest BCUT2D eigenvalue weighted by Gasteiger charge is 2.15. The zero-order valence-corrected chi connectivity index (χ0v) is 10.9. The first kappa shape index (κ1) is 13.0. The van der Waals surface area contributed by atoms with E-state index in [1.807, 2.05) is 6.92 Å². The quantitative estimate of drug-likeness (QED) is 0.825. The lowest BCUT2D eigenvalue weighted by Crippen LogP contribution is -2.39. The van der Waals surface area contributed by atoms with Gasteiger partial charge < -0.3 is 10.2 Å². The SMILES string of the molecule is CC(C(=O)NCCN1CCCCC1)n1cncn1. The van der Waals surface area contributed by atoms with E-state index < -0.39 is 0 Å². The summed E-state index contributed by atoms with van der Waals surface area (Å²) in [7, 11) is 0. The third-order valence-corrected chi connectivity index (χ3v) is 3.39. The predicted octanol–water partition coefficient (Wildman–Crippen LogP) is 0.441. The lowest BCUT2D eigenvalue weighted by atomic mass is 10.1. The van der Waals surface area contributed by atoms with E-state index in [0.717, 1.165) is 19.6 Å². The standard InChI is InChI=1S/C12H21N5O/c1-11(17-10-13-9-15-17)12(18)14-5-8-16-6-3-2-4-7-16/h9-11H,2-8H2,1H3,(H,14,18). The Bertz CT molecular complexity index is 359. The Balaban J connectivity index is 1.68. The number of aromatic nitrogens is 3. The highest BCUT2D eigenvalue weighted by atomic mass is 16.2. The summed E-state index contributed by atoms with van der Waals surface area (Å²) in [6.07, 6.45) is 6.91. The average molecular weight is 251 g/mol. The second-order valence-electron chi connectivity index (χ2n) is 4.74. The van der Waals surface area contributed by atoms with Gasteiger partial charge in [0.25, 0.3) is 0 Å². The lowest BCUT2D eigenvalue weighted by molar-refractivity contribution is -0.124. The van der Waals surface area contributed by atoms with Gasteiger partial charge in [-0.15, -0.1) is 0 Å². The Kier molecular flexibility index (Phi) is 4.69. The molecule has 1 aliphatic heterocycles. The van der Waals surface area contributed by atoms with Gasteiger partial charge in [0.15, 0.2) is 0 Å². The molecule has 1 aliphatic rings. The fraction of sp³-hybridized carbons (Fsp3) is 0.750. The number of rotatable bonds is 5. The molecule has 0 bridgehead atoms. The number of carbonyl (C=O) groups is 1. The van der Waals surface area contributed by atoms with Crippen molar-refractivity contribution >= 4 is 5.91 Å². The Morgan fingerprint density at radius 3 is 2.83 bits per heavy atom. The third-order valence-electron chi connectivity index (χ3n) is 3.39. The van der Waals surface area contributed by atoms with Crippen molar-refractivity contribution < 1.29 is 4.79 Å². The van der Waals surface area contributed by atoms with Gasteiger partial charge in [-0.2, -0.15) is 5.10 Å². The molecule has 1 fully saturated rings. The minimum Gasteiger partial charge on any atom is -0.353 e. The number of hydrogen-bond donors (Lipinski definition) is 1. The first-order valence-corrected chi connectivity index (χ1v) is 6.61. The third kappa shape index (κ3) is 3.53. The van der Waals surface area contributed by atoms with Gasteiger partial charge in [0.05, 0.1) is 0 Å². The van der Waals surface area contributed by atoms with Crippen LogP contribution in [0.1, 0.15) is 32.2 Å². The number of amides is 1. The van der Waals surface area contributed by atoms with Gasteiger partial charge in [0.2, 0.25) is 5.91 Å². The molecule has 1 N–H and O–H groups in total. The first-order valence-electron chi connectivity index (χ1n) is 6.61. The van der Waals surface area contributed by atoms with Crippen LogP contribution in [0, 0.1) is 0 Å². The molecular weight excluding hydrogens is 230 g/mol. The molecule has 0 spiro atoms. The summed E-state index contributed by atoms with van der Waals surface area (Å²) >= 11 is 0. The van der Waals surface area contributed by atoms with E-state index in [1.54, 1.807) is 11.0 Å². The highest BCUT2D eigenvalue weighted by molar-refractivity contribution is 5.79. The molecule has 0 aliphatic carbocycles. The molecule has 0 radical (unpaired) electrons. The zero-order valence-electron chi connectivity index (χ0n) is 10.9. The van der Waals surface area contributed by atoms with E-state index in [2.05, 4.69) is 20.3 Å². The monoisotopic (exact) mass is 251 g/mol. The van der Waals surface area contributed by atoms with Crippen LogP contribution in [0.25, 0.3) is 0 Å². The minimum absolute atomic E-state index is 0.00231. The number of nitrogens with one attached hydrogen (secondary N) is 1. The van der Waals surface area contributed by atoms with Crippen LogP contribution in [0.2, 0.25) is 0 Å². The number of piperidine rings is 1. The molecule has 1 aromatic heterocycles. The molecule has 18 heavy (non-hydrogen) atoms. The van der Waals surface area contributed by atoms with Gasteiger partial charge in [0.1, 0.15) is 18.7 Å². The maximum atomic E-state index is 11.9. The second-order valence-corrected chi connectivity index (χ2v) is 4.74. The minimum atomic E-state index is -0.297. The molecule has 2 heterocycles. The summed E-state index contributed by atoms with van der Waals surface area (Å²) in [5, 5.41) is 6.92. The van der Waals surface area contributed by atoms with E-state index in [-0.39, 0.29) is 11.9 Å². The Morgan fingerprint density at radius 2 is 2.17 bits per heavy atom. The van der Waals surface area contributed by atoms with Crippen LogP contribution in [0.3, 0.4) is 0 Å². The van der Waals surface area contributed by atoms with Crippen molar-refractivity contribution in [3.05, 3.63) is 12.7 Å². The molecule has 0 aromatic carbocycles. The molecule has 1 unspecified atom stereocenters. The Morgan fingerprint density at radius 1 is 1.39 bits per heavy atom. The molecular formula is C12H21N5O. The van der Waals surface area contributed by atoms with Crippen molar-refractivity contribution in [3.8, 4) is 0 Å². The lowest BCUT2D eigenvalue weighted by Gasteiger charge is -2.26. The Hall–Kier alpha value is -1.43. The summed E-state index contributed by atoms with van der Waals surface area (Å²) in [5.74, 6) is -0.00231. The summed E-state index contributed by atoms with van der Waals surface area (Å²) in [4.78, 5) is 18.1. The molecule has 1 amide bonds. The molecule has 2 rings (SSSR count). The van der Waals surface area contributed by atoms with Crippen LogP contribution in [-0.4, -0.2) is 51.8 Å². The van der Waals surface area contributed by atoms with Crippen molar-refractivity contribution in [2.75, 3.05) is 26.2 Å². The first-order chi connectivity index (χ1) is 8.77. The second kappa shape index (κ2) is 6.49. The van der Waals surface area contributed by atoms with Gasteiger partial charge in [-0.1, -0.05) is 6.42 Å². The van der Waals surface area contributed by atoms with Gasteiger partial charge in [-0.3, -0.25) is 4.79 Å². The summed E-state index contributed by atoms with van der Waals surface area (Å²) in [6, 6.07) is -0.297. The topological polar surface area (TPSA) is 63.1 Å². The molecule has 1 atom stereocenters. The maximum absolute atomic E-state index is 11.9. The summed E-state index contributed by atoms with van der Waals surface area (Å²) in [5.41, 5.74) is 0. The van der Waals surface area contributed by atoms with E-state index in [9.17, 15) is 4.79 Å². The largest absolute Gasteiger partial charge is 0.353 e. The van der Waals surface area contributed by atoms with Crippen molar-refractivity contribution in [1.29, 1.82) is 0 Å². The highest BCUT2D eigenvalue weighted by Crippen LogP contribution is 2.07. The Labute approximate surface area is 107 Å². The van der Waals surface area contributed by atoms with Crippen LogP contribution in [-0.2, 0) is 4.79 Å². The van der Waals surface area contributed by atoms with Crippen LogP contribution < -0.4 is 5.32 Å². The summed E-state index contributed by atoms with van der Waals surface area (Å²) < 4.78 is 1.57. The van der Waals surface area contributed by atoms with Gasteiger partial charge in [-0.05, 0) is 32.9 Å². The molecule has 0 saturated carbocycles. The van der Waals surface area contributed by atoms with Crippen molar-refractivity contribution in [2.45, 2.75) is 32.2 Å². The molecule has 100 valence electrons. The van der Waals surface area contributed by atoms with Gasteiger partial charge in [-0.25, -0.2) is 9.67 Å². The van der Waals surface area contributed by atoms with Crippen LogP contribution in [0.5, 0.6) is 0 Å². The predicted molar refractivity (Wildman–Crippen MR) is 68.0 cm³/mol. The number of nitrogens with zero attached hydrogens (tertiary/aromatic N) is 4. The van der Waals surface area contributed by atoms with Crippen LogP contribution in [0.4, 0.5) is 0 Å². The van der Waals surface area contributed by atoms with Crippen LogP contribution in [0.15, 0.2) is 12.7 Å². The van der Waals surface area contributed by atoms with E-state index >= 15 is 0 Å². The van der Waals surface area contributed by atoms with Gasteiger partial charge in [0, 0.05) is 13.1 Å². The normalized spacial score (nSPS) is 18.5. The zero-order chi connectivity index (χ0) is 12.8. The van der Waals surface area contributed by atoms with Crippen LogP contribution >= 0.6 is 0 Å². The molecule has 1 aromatic rings. The van der Waals surface area contributed by atoms with E-state index in [4.69, 9.17) is 0 Å². The van der Waals surface area contributed by atoms with Crippen molar-refractivity contribution in [3.63, 3.8) is 0 Å². The van der Waals surface area contributed by atoms with Gasteiger partial charge >= 0.3 is 0 Å². The van der Waals surface area contributed by atoms with E-state index in [0.29, 0.717) is 6.54 Å². The van der Waals surface area contributed by atoms with Crippen molar-refractivity contribution in [1.82, 2.24) is 25.0 Å². The summed E-state index contributed by atoms with van der Waals surface area (Å²) in [6.45, 7) is 5.79. The molecule has 6 heteroatoms. The fourth-order valence-corrected chi connectivity index (χ4v) is 2.21. The molecule has 6 nitrogen and oxygen atoms in total. The number of carbonyl (C=O) groups excluding carboxylic acids is 1. The number of likely N-dealkylation sites (tertiary alicyclic amines) is 1. The van der Waals surface area contributed by atoms with Crippen molar-refractivity contribution in [2.24, 2.45) is 0 Å². The fourth-order valence-electron chi connectivity index (χ4n) is 2.21. The van der Waals surface area contributed by atoms with E-state index in [1.165, 1.54) is 25.6 Å². The molecule has 1 saturated heterocycles. The maximum Gasteiger partial charge on any atom is 0.244 e. The number of hydrogen-bond acceptors (Lipinski definition) is 4.